The van der Waals surface area contributed by atoms with E-state index in [1.807, 2.05) is 13.8 Å². The van der Waals surface area contributed by atoms with Crippen molar-refractivity contribution in [2.75, 3.05) is 14.2 Å². The first kappa shape index (κ1) is 16.5. The fourth-order valence-electron chi connectivity index (χ4n) is 0.536. The van der Waals surface area contributed by atoms with Crippen molar-refractivity contribution in [2.45, 2.75) is 53.1 Å². The summed E-state index contributed by atoms with van der Waals surface area (Å²) < 4.78 is 15.6. The van der Waals surface area contributed by atoms with E-state index in [1.165, 1.54) is 6.42 Å². The summed E-state index contributed by atoms with van der Waals surface area (Å²) >= 11 is 0. The lowest BCUT2D eigenvalue weighted by Crippen LogP contribution is -2.35. The third kappa shape index (κ3) is 10.2. The molecule has 0 atom stereocenters. The summed E-state index contributed by atoms with van der Waals surface area (Å²) in [5.74, 6) is 0. The van der Waals surface area contributed by atoms with Crippen LogP contribution < -0.4 is 0 Å². The molecule has 14 heavy (non-hydrogen) atoms. The van der Waals surface area contributed by atoms with E-state index in [9.17, 15) is 0 Å². The van der Waals surface area contributed by atoms with E-state index in [-0.39, 0.29) is 5.60 Å². The average molecular weight is 222 g/mol. The zero-order valence-electron chi connectivity index (χ0n) is 10.7. The van der Waals surface area contributed by atoms with E-state index in [2.05, 4.69) is 20.8 Å². The van der Waals surface area contributed by atoms with Crippen LogP contribution >= 0.6 is 0 Å². The molecule has 0 saturated carbocycles. The van der Waals surface area contributed by atoms with Gasteiger partial charge in [-0.05, 0) is 20.3 Å². The topological polar surface area (TPSA) is 27.7 Å². The molecule has 88 valence electrons. The average Bonchev–Trinajstić information content (AvgIpc) is 2.15. The van der Waals surface area contributed by atoms with Gasteiger partial charge < -0.3 is 13.3 Å². The van der Waals surface area contributed by atoms with Gasteiger partial charge in [-0.25, -0.2) is 0 Å². The van der Waals surface area contributed by atoms with Crippen LogP contribution in [-0.4, -0.2) is 29.3 Å². The van der Waals surface area contributed by atoms with Gasteiger partial charge in [0, 0.05) is 14.2 Å². The summed E-state index contributed by atoms with van der Waals surface area (Å²) in [7, 11) is 1.40. The van der Waals surface area contributed by atoms with Crippen LogP contribution in [0.1, 0.15) is 47.5 Å². The minimum atomic E-state index is -1.83. The molecule has 0 saturated heterocycles. The Morgan fingerprint density at radius 1 is 1.00 bits per heavy atom. The highest BCUT2D eigenvalue weighted by Gasteiger charge is 2.23. The highest BCUT2D eigenvalue weighted by Crippen LogP contribution is 2.14. The van der Waals surface area contributed by atoms with Crippen molar-refractivity contribution in [3.8, 4) is 0 Å². The lowest BCUT2D eigenvalue weighted by Gasteiger charge is -2.26. The predicted octanol–water partition coefficient (Wildman–Crippen LogP) is 2.62. The summed E-state index contributed by atoms with van der Waals surface area (Å²) in [4.78, 5) is 0. The molecule has 0 heterocycles. The van der Waals surface area contributed by atoms with Crippen molar-refractivity contribution in [1.29, 1.82) is 0 Å². The Bertz CT molecular complexity index is 114. The van der Waals surface area contributed by atoms with Gasteiger partial charge in [0.05, 0.1) is 5.60 Å². The van der Waals surface area contributed by atoms with Gasteiger partial charge in [-0.15, -0.1) is 0 Å². The molecule has 3 nitrogen and oxygen atoms in total. The van der Waals surface area contributed by atoms with Crippen molar-refractivity contribution in [2.24, 2.45) is 0 Å². The molecule has 0 N–H and O–H groups in total. The summed E-state index contributed by atoms with van der Waals surface area (Å²) in [5, 5.41) is 0. The van der Waals surface area contributed by atoms with Crippen molar-refractivity contribution >= 4 is 9.53 Å². The van der Waals surface area contributed by atoms with Gasteiger partial charge in [0.2, 0.25) is 0 Å². The summed E-state index contributed by atoms with van der Waals surface area (Å²) in [6, 6.07) is 0. The fourth-order valence-corrected chi connectivity index (χ4v) is 1.61. The SMILES string of the molecule is CCC.CCC(C)(C)O[SiH](OC)OC. The zero-order chi connectivity index (χ0) is 11.6. The van der Waals surface area contributed by atoms with Crippen molar-refractivity contribution < 1.29 is 13.3 Å². The molecular weight excluding hydrogens is 196 g/mol. The number of hydrogen-bond acceptors (Lipinski definition) is 3. The van der Waals surface area contributed by atoms with Crippen LogP contribution in [0, 0.1) is 0 Å². The molecule has 4 heteroatoms. The maximum atomic E-state index is 5.58. The van der Waals surface area contributed by atoms with Crippen molar-refractivity contribution in [3.05, 3.63) is 0 Å². The highest BCUT2D eigenvalue weighted by molar-refractivity contribution is 6.36. The summed E-state index contributed by atoms with van der Waals surface area (Å²) in [6.07, 6.45) is 2.21. The third-order valence-corrected chi connectivity index (χ3v) is 3.25. The lowest BCUT2D eigenvalue weighted by molar-refractivity contribution is 0.0276. The van der Waals surface area contributed by atoms with Crippen LogP contribution in [0.3, 0.4) is 0 Å². The van der Waals surface area contributed by atoms with Crippen LogP contribution in [0.5, 0.6) is 0 Å². The number of rotatable bonds is 5. The van der Waals surface area contributed by atoms with Gasteiger partial charge in [0.1, 0.15) is 0 Å². The Labute approximate surface area is 90.7 Å². The van der Waals surface area contributed by atoms with Gasteiger partial charge in [0.25, 0.3) is 0 Å². The van der Waals surface area contributed by atoms with Crippen LogP contribution in [0.2, 0.25) is 0 Å². The molecule has 0 aliphatic carbocycles. The first-order valence-electron chi connectivity index (χ1n) is 5.20. The van der Waals surface area contributed by atoms with E-state index < -0.39 is 9.53 Å². The summed E-state index contributed by atoms with van der Waals surface area (Å²) in [6.45, 7) is 10.4. The Balaban J connectivity index is 0. The fraction of sp³-hybridized carbons (Fsp3) is 1.00. The molecule has 0 spiro atoms. The second-order valence-electron chi connectivity index (χ2n) is 3.70. The molecule has 0 aromatic heterocycles. The van der Waals surface area contributed by atoms with Gasteiger partial charge >= 0.3 is 9.53 Å². The van der Waals surface area contributed by atoms with E-state index in [1.54, 1.807) is 14.2 Å². The molecule has 0 radical (unpaired) electrons. The van der Waals surface area contributed by atoms with Gasteiger partial charge in [-0.3, -0.25) is 0 Å². The third-order valence-electron chi connectivity index (χ3n) is 1.65. The quantitative estimate of drug-likeness (QED) is 0.669. The molecule has 0 rings (SSSR count). The Morgan fingerprint density at radius 3 is 1.57 bits per heavy atom. The minimum absolute atomic E-state index is 0.122. The largest absolute Gasteiger partial charge is 0.484 e. The maximum absolute atomic E-state index is 5.58. The van der Waals surface area contributed by atoms with Crippen LogP contribution in [0.15, 0.2) is 0 Å². The van der Waals surface area contributed by atoms with E-state index in [0.717, 1.165) is 6.42 Å². The van der Waals surface area contributed by atoms with Gasteiger partial charge in [0.15, 0.2) is 0 Å². The molecule has 0 aliphatic rings. The summed E-state index contributed by atoms with van der Waals surface area (Å²) in [5.41, 5.74) is -0.122. The van der Waals surface area contributed by atoms with Crippen LogP contribution in [0.25, 0.3) is 0 Å². The first-order valence-corrected chi connectivity index (χ1v) is 6.62. The first-order chi connectivity index (χ1) is 6.47. The molecule has 0 aromatic rings. The molecule has 0 aromatic carbocycles. The normalized spacial score (nSPS) is 11.1. The van der Waals surface area contributed by atoms with Crippen molar-refractivity contribution in [1.82, 2.24) is 0 Å². The Morgan fingerprint density at radius 2 is 1.36 bits per heavy atom. The number of hydrogen-bond donors (Lipinski definition) is 0. The predicted molar refractivity (Wildman–Crippen MR) is 62.6 cm³/mol. The van der Waals surface area contributed by atoms with E-state index in [4.69, 9.17) is 13.3 Å². The molecule has 0 bridgehead atoms. The maximum Gasteiger partial charge on any atom is 0.484 e. The molecule has 0 unspecified atom stereocenters. The Hall–Kier alpha value is 0.0969. The zero-order valence-corrected chi connectivity index (χ0v) is 11.9. The van der Waals surface area contributed by atoms with Crippen molar-refractivity contribution in [3.63, 3.8) is 0 Å². The monoisotopic (exact) mass is 222 g/mol. The highest BCUT2D eigenvalue weighted by atomic mass is 28.3. The Kier molecular flexibility index (Phi) is 11.4. The second kappa shape index (κ2) is 9.64. The van der Waals surface area contributed by atoms with Gasteiger partial charge in [-0.1, -0.05) is 27.2 Å². The minimum Gasteiger partial charge on any atom is -0.379 e. The van der Waals surface area contributed by atoms with E-state index >= 15 is 0 Å². The molecular formula is C10H26O3Si. The second-order valence-corrected chi connectivity index (χ2v) is 5.45. The van der Waals surface area contributed by atoms with Gasteiger partial charge in [-0.2, -0.15) is 0 Å². The molecule has 0 fully saturated rings. The standard InChI is InChI=1S/C7H18O3Si.C3H8/c1-6-7(2,3)10-11(8-4)9-5;1-3-2/h11H,6H2,1-5H3;3H2,1-2H3. The van der Waals surface area contributed by atoms with Crippen LogP contribution in [0.4, 0.5) is 0 Å². The molecule has 0 amide bonds. The van der Waals surface area contributed by atoms with E-state index in [0.29, 0.717) is 0 Å². The van der Waals surface area contributed by atoms with Crippen LogP contribution in [-0.2, 0) is 13.3 Å². The smallest absolute Gasteiger partial charge is 0.379 e. The lowest BCUT2D eigenvalue weighted by atomic mass is 10.1. The molecule has 0 aliphatic heterocycles.